The van der Waals surface area contributed by atoms with Crippen molar-refractivity contribution in [3.05, 3.63) is 89.5 Å². The summed E-state index contributed by atoms with van der Waals surface area (Å²) in [5.74, 6) is -0.491. The van der Waals surface area contributed by atoms with Crippen molar-refractivity contribution in [2.45, 2.75) is 38.8 Å². The van der Waals surface area contributed by atoms with Crippen LogP contribution in [0.25, 0.3) is 11.1 Å². The molecule has 0 saturated heterocycles. The third-order valence-electron chi connectivity index (χ3n) is 7.34. The summed E-state index contributed by atoms with van der Waals surface area (Å²) in [5.41, 5.74) is 2.15. The smallest absolute Gasteiger partial charge is 0.394 e. The van der Waals surface area contributed by atoms with E-state index in [1.165, 1.54) is 24.1 Å². The van der Waals surface area contributed by atoms with Crippen molar-refractivity contribution in [2.24, 2.45) is 5.92 Å². The lowest BCUT2D eigenvalue weighted by atomic mass is 9.94. The summed E-state index contributed by atoms with van der Waals surface area (Å²) in [6.07, 6.45) is -5.07. The largest absolute Gasteiger partial charge is 0.416 e. The third-order valence-corrected chi connectivity index (χ3v) is 7.34. The molecule has 0 spiro atoms. The van der Waals surface area contributed by atoms with Gasteiger partial charge >= 0.3 is 12.2 Å². The molecule has 2 N–H and O–H groups in total. The Morgan fingerprint density at radius 1 is 1.07 bits per heavy atom. The Kier molecular flexibility index (Phi) is 9.35. The quantitative estimate of drug-likeness (QED) is 0.401. The number of nitrogens with zero attached hydrogens (tertiary/aromatic N) is 2. The zero-order valence-electron chi connectivity index (χ0n) is 23.2. The number of carbonyl (C=O) groups excluding carboxylic acids is 2. The highest BCUT2D eigenvalue weighted by Crippen LogP contribution is 2.32. The average molecular weight is 570 g/mol. The van der Waals surface area contributed by atoms with E-state index in [1.807, 2.05) is 49.4 Å². The molecule has 3 aromatic carbocycles. The highest BCUT2D eigenvalue weighted by molar-refractivity contribution is 6.01. The highest BCUT2D eigenvalue weighted by atomic mass is 19.4. The molecule has 3 amide bonds. The van der Waals surface area contributed by atoms with Crippen LogP contribution in [-0.2, 0) is 17.5 Å². The van der Waals surface area contributed by atoms with Crippen LogP contribution in [0.2, 0.25) is 0 Å². The second-order valence-corrected chi connectivity index (χ2v) is 10.4. The average Bonchev–Trinajstić information content (AvgIpc) is 2.97. The van der Waals surface area contributed by atoms with Gasteiger partial charge in [-0.1, -0.05) is 55.5 Å². The van der Waals surface area contributed by atoms with E-state index < -0.39 is 29.9 Å². The summed E-state index contributed by atoms with van der Waals surface area (Å²) < 4.78 is 45.8. The molecule has 1 heterocycles. The monoisotopic (exact) mass is 569 g/mol. The maximum Gasteiger partial charge on any atom is 0.416 e. The number of hydrogen-bond acceptors (Lipinski definition) is 4. The van der Waals surface area contributed by atoms with E-state index in [1.54, 1.807) is 17.9 Å². The van der Waals surface area contributed by atoms with E-state index in [4.69, 9.17) is 4.74 Å². The van der Waals surface area contributed by atoms with E-state index in [2.05, 4.69) is 5.32 Å². The number of halogens is 3. The van der Waals surface area contributed by atoms with Gasteiger partial charge in [-0.2, -0.15) is 13.2 Å². The molecule has 4 rings (SSSR count). The molecule has 1 aliphatic heterocycles. The van der Waals surface area contributed by atoms with Gasteiger partial charge in [0.05, 0.1) is 30.9 Å². The van der Waals surface area contributed by atoms with Gasteiger partial charge < -0.3 is 25.0 Å². The number of aliphatic hydroxyl groups excluding tert-OH is 1. The van der Waals surface area contributed by atoms with Gasteiger partial charge in [0.15, 0.2) is 0 Å². The van der Waals surface area contributed by atoms with Crippen LogP contribution in [0, 0.1) is 5.92 Å². The van der Waals surface area contributed by atoms with Gasteiger partial charge in [0.2, 0.25) is 0 Å². The van der Waals surface area contributed by atoms with Crippen molar-refractivity contribution in [1.29, 1.82) is 0 Å². The molecule has 0 bridgehead atoms. The first-order valence-corrected chi connectivity index (χ1v) is 13.4. The molecule has 0 radical (unpaired) electrons. The zero-order chi connectivity index (χ0) is 29.7. The van der Waals surface area contributed by atoms with Crippen LogP contribution in [0.3, 0.4) is 0 Å². The number of likely N-dealkylation sites (N-methyl/N-ethyl adjacent to an activating group) is 1. The van der Waals surface area contributed by atoms with Gasteiger partial charge in [0.25, 0.3) is 5.91 Å². The van der Waals surface area contributed by atoms with Gasteiger partial charge in [-0.3, -0.25) is 4.79 Å². The first-order chi connectivity index (χ1) is 19.5. The van der Waals surface area contributed by atoms with Crippen molar-refractivity contribution in [3.63, 3.8) is 0 Å². The zero-order valence-corrected chi connectivity index (χ0v) is 23.2. The topological polar surface area (TPSA) is 82.1 Å². The molecule has 1 aliphatic rings. The van der Waals surface area contributed by atoms with Crippen LogP contribution < -0.4 is 5.32 Å². The Hall–Kier alpha value is -3.89. The molecular weight excluding hydrogens is 535 g/mol. The van der Waals surface area contributed by atoms with Gasteiger partial charge in [-0.05, 0) is 47.9 Å². The molecule has 7 nitrogen and oxygen atoms in total. The van der Waals surface area contributed by atoms with Gasteiger partial charge in [0.1, 0.15) is 0 Å². The van der Waals surface area contributed by atoms with E-state index in [0.717, 1.165) is 28.8 Å². The lowest BCUT2D eigenvalue weighted by Gasteiger charge is -2.35. The summed E-state index contributed by atoms with van der Waals surface area (Å²) >= 11 is 0. The number of hydrogen-bond donors (Lipinski definition) is 2. The Morgan fingerprint density at radius 2 is 1.73 bits per heavy atom. The van der Waals surface area contributed by atoms with Crippen molar-refractivity contribution < 1.29 is 32.6 Å². The number of aliphatic hydroxyl groups is 1. The maximum atomic E-state index is 13.9. The Labute approximate surface area is 237 Å². The standard InChI is InChI=1S/C31H34F3N3O4/c1-20-16-37(21(2)18-38)29(39)27-14-7-6-13-26(27)25-12-5-4-9-22(25)19-41-28(20)17-36(3)30(40)35-24-11-8-10-23(15-24)31(32,33)34/h4-15,20-21,28,38H,16-19H2,1-3H3,(H,35,40)/t20-,21-,28+/m1/s1. The van der Waals surface area contributed by atoms with E-state index in [9.17, 15) is 27.9 Å². The fourth-order valence-electron chi connectivity index (χ4n) is 4.90. The van der Waals surface area contributed by atoms with Gasteiger partial charge in [-0.25, -0.2) is 4.79 Å². The fraction of sp³-hybridized carbons (Fsp3) is 0.355. The first kappa shape index (κ1) is 30.1. The number of nitrogens with one attached hydrogen (secondary N) is 1. The third kappa shape index (κ3) is 7.07. The Morgan fingerprint density at radius 3 is 2.41 bits per heavy atom. The lowest BCUT2D eigenvalue weighted by molar-refractivity contribution is -0.137. The predicted octanol–water partition coefficient (Wildman–Crippen LogP) is 5.89. The van der Waals surface area contributed by atoms with Crippen LogP contribution in [0.4, 0.5) is 23.7 Å². The number of fused-ring (bicyclic) bond motifs is 3. The number of urea groups is 1. The van der Waals surface area contributed by atoms with Gasteiger partial charge in [-0.15, -0.1) is 0 Å². The molecule has 0 unspecified atom stereocenters. The van der Waals surface area contributed by atoms with Crippen LogP contribution in [0.5, 0.6) is 0 Å². The van der Waals surface area contributed by atoms with Crippen LogP contribution in [0.1, 0.15) is 35.3 Å². The molecular formula is C31H34F3N3O4. The van der Waals surface area contributed by atoms with Crippen LogP contribution >= 0.6 is 0 Å². The fourth-order valence-corrected chi connectivity index (χ4v) is 4.90. The van der Waals surface area contributed by atoms with E-state index >= 15 is 0 Å². The highest BCUT2D eigenvalue weighted by Gasteiger charge is 2.32. The lowest BCUT2D eigenvalue weighted by Crippen LogP contribution is -2.48. The minimum atomic E-state index is -4.53. The number of alkyl halides is 3. The molecule has 0 aromatic heterocycles. The van der Waals surface area contributed by atoms with Crippen LogP contribution in [-0.4, -0.2) is 65.7 Å². The second kappa shape index (κ2) is 12.7. The van der Waals surface area contributed by atoms with Crippen LogP contribution in [0.15, 0.2) is 72.8 Å². The first-order valence-electron chi connectivity index (χ1n) is 13.4. The SMILES string of the molecule is C[C@@H]1CN([C@H](C)CO)C(=O)c2ccccc2-c2ccccc2CO[C@H]1CN(C)C(=O)Nc1cccc(C(F)(F)F)c1. The Bertz CT molecular complexity index is 1380. The maximum absolute atomic E-state index is 13.9. The molecule has 41 heavy (non-hydrogen) atoms. The number of benzene rings is 3. The summed E-state index contributed by atoms with van der Waals surface area (Å²) in [6.45, 7) is 4.01. The summed E-state index contributed by atoms with van der Waals surface area (Å²) in [5, 5.41) is 12.5. The molecule has 3 atom stereocenters. The van der Waals surface area contributed by atoms with Crippen molar-refractivity contribution in [2.75, 3.05) is 32.1 Å². The number of amides is 3. The molecule has 3 aromatic rings. The van der Waals surface area contributed by atoms with Gasteiger partial charge in [0, 0.05) is 37.3 Å². The normalized spacial score (nSPS) is 18.5. The van der Waals surface area contributed by atoms with E-state index in [0.29, 0.717) is 5.56 Å². The molecule has 0 saturated carbocycles. The summed E-state index contributed by atoms with van der Waals surface area (Å²) in [4.78, 5) is 29.8. The second-order valence-electron chi connectivity index (χ2n) is 10.4. The minimum Gasteiger partial charge on any atom is -0.394 e. The molecule has 218 valence electrons. The number of ether oxygens (including phenoxy) is 1. The number of carbonyl (C=O) groups is 2. The Balaban J connectivity index is 1.62. The number of rotatable bonds is 5. The van der Waals surface area contributed by atoms with Crippen molar-refractivity contribution >= 4 is 17.6 Å². The van der Waals surface area contributed by atoms with Crippen molar-refractivity contribution in [1.82, 2.24) is 9.80 Å². The predicted molar refractivity (Wildman–Crippen MR) is 150 cm³/mol. The summed E-state index contributed by atoms with van der Waals surface area (Å²) in [7, 11) is 1.53. The molecule has 10 heteroatoms. The van der Waals surface area contributed by atoms with Crippen molar-refractivity contribution in [3.8, 4) is 11.1 Å². The minimum absolute atomic E-state index is 0.0216. The number of anilines is 1. The summed E-state index contributed by atoms with van der Waals surface area (Å²) in [6, 6.07) is 18.3. The van der Waals surface area contributed by atoms with E-state index in [-0.39, 0.29) is 43.8 Å². The molecule has 0 aliphatic carbocycles. The molecule has 0 fully saturated rings.